The van der Waals surface area contributed by atoms with Crippen molar-refractivity contribution in [2.24, 2.45) is 0 Å². The minimum absolute atomic E-state index is 0.128. The molecule has 0 saturated heterocycles. The van der Waals surface area contributed by atoms with Gasteiger partial charge in [0.25, 0.3) is 0 Å². The highest BCUT2D eigenvalue weighted by Crippen LogP contribution is 2.40. The molecule has 24 aromatic rings. The van der Waals surface area contributed by atoms with Crippen LogP contribution in [0, 0.1) is 0 Å². The maximum atomic E-state index is 6.09. The van der Waals surface area contributed by atoms with Crippen molar-refractivity contribution in [1.29, 1.82) is 0 Å². The van der Waals surface area contributed by atoms with E-state index in [1.165, 1.54) is 33.4 Å². The second kappa shape index (κ2) is 41.4. The fourth-order valence-electron chi connectivity index (χ4n) is 17.1. The second-order valence-corrected chi connectivity index (χ2v) is 37.5. The van der Waals surface area contributed by atoms with Crippen LogP contribution in [0.15, 0.2) is 488 Å². The summed E-state index contributed by atoms with van der Waals surface area (Å²) in [6.45, 7) is 13.4. The molecule has 6 heterocycles. The lowest BCUT2D eigenvalue weighted by Gasteiger charge is -2.19. The van der Waals surface area contributed by atoms with E-state index in [0.717, 1.165) is 134 Å². The minimum Gasteiger partial charge on any atom is -0.457 e. The van der Waals surface area contributed by atoms with E-state index in [2.05, 4.69) is 297 Å². The number of nitrogens with zero attached hydrogens (tertiary/aromatic N) is 12. The Labute approximate surface area is 849 Å². The molecule has 0 atom stereocenters. The molecule has 708 valence electrons. The van der Waals surface area contributed by atoms with E-state index in [4.69, 9.17) is 31.2 Å². The predicted octanol–water partition coefficient (Wildman–Crippen LogP) is 33.1. The van der Waals surface area contributed by atoms with Crippen molar-refractivity contribution in [3.63, 3.8) is 0 Å². The van der Waals surface area contributed by atoms with Crippen LogP contribution in [0.5, 0.6) is 11.5 Å². The minimum atomic E-state index is 0.128. The van der Waals surface area contributed by atoms with Gasteiger partial charge in [-0.3, -0.25) is 0 Å². The van der Waals surface area contributed by atoms with Crippen LogP contribution in [0.3, 0.4) is 0 Å². The van der Waals surface area contributed by atoms with E-state index < -0.39 is 0 Å². The Morgan fingerprint density at radius 1 is 0.122 bits per heavy atom. The molecule has 19 nitrogen and oxygen atoms in total. The Bertz CT molecular complexity index is 8030. The first kappa shape index (κ1) is 92.6. The standard InChI is InChI=1S/C48H42N4O2.C40H26N4O3.C40H26N4O2/c1-47(2,3)41-27-23-35(24-28-41)33-11-19-39(20-12-33)45-51-49-43(53-45)37-15-7-31(8-16-37)32-9-17-38(18-10-32)44-50-52-46(54-44)40-21-13-34(14-22-40)36-25-29-42(30-26-36)48(4,5)6;1-3-7-27(8-4-1)29-11-15-31(16-12-29)37-41-43-39(46-37)33-19-23-35(24-20-33)45-36-25-21-34(22-26-36)40-44-42-38(47-40)32-17-13-30(14-18-32)28-9-5-2-6-10-28;1-3-7-27(8-4-1)29-11-19-33(20-12-29)37-41-43-39(45-37)35-23-15-31(16-24-35)32-17-25-36(26-18-32)40-44-42-38(46-40)34-21-13-30(14-22-34)28-9-5-2-6-10-28/h7-30H,1-6H3;1-26H;1-26H. The van der Waals surface area contributed by atoms with Crippen LogP contribution in [0.4, 0.5) is 0 Å². The summed E-state index contributed by atoms with van der Waals surface area (Å²) < 4.78 is 42.3. The van der Waals surface area contributed by atoms with Crippen molar-refractivity contribution in [3.8, 4) is 238 Å². The number of aromatic nitrogens is 12. The van der Waals surface area contributed by atoms with E-state index in [-0.39, 0.29) is 10.8 Å². The number of rotatable bonds is 22. The van der Waals surface area contributed by atoms with Crippen molar-refractivity contribution < 1.29 is 31.2 Å². The van der Waals surface area contributed by atoms with Crippen LogP contribution < -0.4 is 4.74 Å². The zero-order valence-electron chi connectivity index (χ0n) is 81.1. The smallest absolute Gasteiger partial charge is 0.248 e. The van der Waals surface area contributed by atoms with Crippen LogP contribution in [0.1, 0.15) is 52.7 Å². The average Bonchev–Trinajstić information content (AvgIpc) is 1.70. The molecule has 0 amide bonds. The fraction of sp³-hybridized carbons (Fsp3) is 0.0625. The largest absolute Gasteiger partial charge is 0.457 e. The van der Waals surface area contributed by atoms with E-state index in [1.807, 2.05) is 267 Å². The highest BCUT2D eigenvalue weighted by atomic mass is 16.5. The molecule has 19 heteroatoms. The third kappa shape index (κ3) is 21.5. The van der Waals surface area contributed by atoms with Gasteiger partial charge in [0.05, 0.1) is 0 Å². The van der Waals surface area contributed by atoms with Crippen molar-refractivity contribution >= 4 is 0 Å². The van der Waals surface area contributed by atoms with Crippen LogP contribution in [-0.2, 0) is 10.8 Å². The van der Waals surface area contributed by atoms with Gasteiger partial charge in [-0.05, 0) is 281 Å². The Morgan fingerprint density at radius 2 is 0.224 bits per heavy atom. The molecule has 0 aliphatic carbocycles. The van der Waals surface area contributed by atoms with Gasteiger partial charge < -0.3 is 31.2 Å². The van der Waals surface area contributed by atoms with E-state index in [9.17, 15) is 0 Å². The summed E-state index contributed by atoms with van der Waals surface area (Å²) in [4.78, 5) is 0. The highest BCUT2D eigenvalue weighted by Gasteiger charge is 2.23. The summed E-state index contributed by atoms with van der Waals surface area (Å²) in [7, 11) is 0. The van der Waals surface area contributed by atoms with Crippen molar-refractivity contribution in [2.45, 2.75) is 52.4 Å². The summed E-state index contributed by atoms with van der Waals surface area (Å²) in [5.74, 6) is 7.03. The molecule has 0 spiro atoms. The number of ether oxygens (including phenoxy) is 1. The molecule has 18 aromatic carbocycles. The summed E-state index contributed by atoms with van der Waals surface area (Å²) in [6.07, 6.45) is 0. The van der Waals surface area contributed by atoms with Gasteiger partial charge in [0, 0.05) is 66.8 Å². The molecule has 0 N–H and O–H groups in total. The topological polar surface area (TPSA) is 243 Å². The maximum Gasteiger partial charge on any atom is 0.248 e. The summed E-state index contributed by atoms with van der Waals surface area (Å²) >= 11 is 0. The zero-order valence-corrected chi connectivity index (χ0v) is 81.1. The van der Waals surface area contributed by atoms with Gasteiger partial charge in [-0.25, -0.2) is 0 Å². The van der Waals surface area contributed by atoms with Gasteiger partial charge >= 0.3 is 0 Å². The quantitative estimate of drug-likeness (QED) is 0.0612. The van der Waals surface area contributed by atoms with Gasteiger partial charge in [0.15, 0.2) is 0 Å². The molecular weight excluding hydrogens is 1820 g/mol. The first-order chi connectivity index (χ1) is 72.0. The first-order valence-corrected chi connectivity index (χ1v) is 48.4. The molecule has 24 rings (SSSR count). The lowest BCUT2D eigenvalue weighted by Crippen LogP contribution is -2.10. The lowest BCUT2D eigenvalue weighted by atomic mass is 9.86. The Kier molecular flexibility index (Phi) is 26.1. The van der Waals surface area contributed by atoms with Crippen molar-refractivity contribution in [1.82, 2.24) is 61.2 Å². The van der Waals surface area contributed by atoms with E-state index in [1.54, 1.807) is 0 Å². The molecule has 0 radical (unpaired) electrons. The molecule has 0 fully saturated rings. The van der Waals surface area contributed by atoms with Crippen molar-refractivity contribution in [2.75, 3.05) is 0 Å². The van der Waals surface area contributed by atoms with Gasteiger partial charge in [0.2, 0.25) is 70.7 Å². The van der Waals surface area contributed by atoms with Crippen LogP contribution in [0.2, 0.25) is 0 Å². The third-order valence-electron chi connectivity index (χ3n) is 25.6. The number of benzene rings is 18. The lowest BCUT2D eigenvalue weighted by molar-refractivity contribution is 0.482. The Morgan fingerprint density at radius 3 is 0.347 bits per heavy atom. The molecule has 0 unspecified atom stereocenters. The Hall–Kier alpha value is -19.4. The monoisotopic (exact) mass is 1910 g/mol. The van der Waals surface area contributed by atoms with Gasteiger partial charge in [-0.15, -0.1) is 61.2 Å². The normalized spacial score (nSPS) is 11.3. The molecule has 0 aliphatic rings. The highest BCUT2D eigenvalue weighted by molar-refractivity contribution is 5.78. The molecule has 147 heavy (non-hydrogen) atoms. The van der Waals surface area contributed by atoms with Gasteiger partial charge in [-0.1, -0.05) is 333 Å². The average molecular weight is 1910 g/mol. The predicted molar refractivity (Wildman–Crippen MR) is 579 cm³/mol. The van der Waals surface area contributed by atoms with Crippen LogP contribution in [-0.4, -0.2) is 61.2 Å². The maximum absolute atomic E-state index is 6.09. The van der Waals surface area contributed by atoms with Crippen molar-refractivity contribution in [3.05, 3.63) is 472 Å². The number of hydrogen-bond donors (Lipinski definition) is 0. The number of hydrogen-bond acceptors (Lipinski definition) is 19. The summed E-state index contributed by atoms with van der Waals surface area (Å²) in [5, 5.41) is 51.5. The summed E-state index contributed by atoms with van der Waals surface area (Å²) in [5.41, 5.74) is 31.2. The second-order valence-electron chi connectivity index (χ2n) is 37.5. The van der Waals surface area contributed by atoms with Gasteiger partial charge in [-0.2, -0.15) is 0 Å². The van der Waals surface area contributed by atoms with Crippen LogP contribution in [0.25, 0.3) is 226 Å². The molecule has 6 aromatic heterocycles. The van der Waals surface area contributed by atoms with Crippen LogP contribution >= 0.6 is 0 Å². The molecule has 0 aliphatic heterocycles. The first-order valence-electron chi connectivity index (χ1n) is 48.4. The molecule has 0 bridgehead atoms. The fourth-order valence-corrected chi connectivity index (χ4v) is 17.1. The summed E-state index contributed by atoms with van der Waals surface area (Å²) in [6, 6.07) is 155. The van der Waals surface area contributed by atoms with Gasteiger partial charge in [0.1, 0.15) is 11.5 Å². The van der Waals surface area contributed by atoms with E-state index in [0.29, 0.717) is 82.2 Å². The Balaban J connectivity index is 0.000000126. The van der Waals surface area contributed by atoms with E-state index >= 15 is 0 Å². The zero-order chi connectivity index (χ0) is 99.6. The molecular formula is C128H94N12O7. The molecule has 0 saturated carbocycles. The SMILES string of the molecule is CC(C)(C)c1ccc(-c2ccc(-c3nnc(-c4ccc(-c5ccc(-c6nnc(-c7ccc(-c8ccc(C(C)(C)C)cc8)cc7)o6)cc5)cc4)o3)cc2)cc1.c1ccc(-c2ccc(-c3nnc(-c4ccc(-c5ccc(-c6nnc(-c7ccc(-c8ccccc8)cc7)o6)cc5)cc4)o3)cc2)cc1.c1ccc(-c2ccc(-c3nnc(-c4ccc(Oc5ccc(-c6nnc(-c7ccc(-c8ccccc8)cc7)o6)cc5)cc4)o3)cc2)cc1. The third-order valence-corrected chi connectivity index (χ3v) is 25.6.